The number of nitrogens with zero attached hydrogens (tertiary/aromatic N) is 1. The highest BCUT2D eigenvalue weighted by molar-refractivity contribution is 6.37. The second-order valence-electron chi connectivity index (χ2n) is 5.18. The fraction of sp³-hybridized carbons (Fsp3) is 0.385. The van der Waals surface area contributed by atoms with Crippen LogP contribution in [0, 0.1) is 10.1 Å². The molecule has 20 heavy (non-hydrogen) atoms. The number of benzene rings is 1. The number of methoxy groups -OCH3 is 1. The summed E-state index contributed by atoms with van der Waals surface area (Å²) in [6.45, 7) is 5.67. The van der Waals surface area contributed by atoms with Gasteiger partial charge in [-0.15, -0.1) is 0 Å². The van der Waals surface area contributed by atoms with Gasteiger partial charge in [0.2, 0.25) is 0 Å². The van der Waals surface area contributed by atoms with E-state index in [4.69, 9.17) is 0 Å². The van der Waals surface area contributed by atoms with Crippen molar-refractivity contribution in [1.29, 1.82) is 0 Å². The van der Waals surface area contributed by atoms with Gasteiger partial charge in [0.05, 0.1) is 17.7 Å². The van der Waals surface area contributed by atoms with Crippen molar-refractivity contribution in [1.82, 2.24) is 0 Å². The zero-order chi connectivity index (χ0) is 15.5. The summed E-state index contributed by atoms with van der Waals surface area (Å²) in [6.07, 6.45) is 0. The van der Waals surface area contributed by atoms with Crippen LogP contribution in [0.5, 0.6) is 0 Å². The Labute approximate surface area is 116 Å². The molecule has 1 rings (SSSR count). The van der Waals surface area contributed by atoms with Crippen LogP contribution in [0.2, 0.25) is 0 Å². The Morgan fingerprint density at radius 1 is 1.30 bits per heavy atom. The molecule has 1 aromatic carbocycles. The van der Waals surface area contributed by atoms with Gasteiger partial charge in [-0.2, -0.15) is 0 Å². The van der Waals surface area contributed by atoms with Gasteiger partial charge >= 0.3 is 11.9 Å². The first-order valence-electron chi connectivity index (χ1n) is 5.85. The van der Waals surface area contributed by atoms with E-state index in [2.05, 4.69) is 10.1 Å². The van der Waals surface area contributed by atoms with Crippen molar-refractivity contribution in [2.24, 2.45) is 0 Å². The fourth-order valence-electron chi connectivity index (χ4n) is 1.67. The number of amides is 1. The van der Waals surface area contributed by atoms with Crippen LogP contribution in [-0.2, 0) is 19.7 Å². The molecule has 0 atom stereocenters. The van der Waals surface area contributed by atoms with Gasteiger partial charge in [0.25, 0.3) is 5.69 Å². The summed E-state index contributed by atoms with van der Waals surface area (Å²) >= 11 is 0. The third kappa shape index (κ3) is 3.53. The van der Waals surface area contributed by atoms with Crippen LogP contribution in [0.4, 0.5) is 11.4 Å². The maximum absolute atomic E-state index is 11.5. The minimum Gasteiger partial charge on any atom is -0.462 e. The summed E-state index contributed by atoms with van der Waals surface area (Å²) in [5.41, 5.74) is 0.383. The molecule has 0 spiro atoms. The van der Waals surface area contributed by atoms with Crippen molar-refractivity contribution >= 4 is 23.3 Å². The van der Waals surface area contributed by atoms with E-state index in [0.717, 1.165) is 7.11 Å². The first kappa shape index (κ1) is 15.6. The molecule has 0 radical (unpaired) electrons. The third-order valence-electron chi connectivity index (χ3n) is 2.64. The van der Waals surface area contributed by atoms with Gasteiger partial charge in [-0.25, -0.2) is 4.79 Å². The molecule has 108 valence electrons. The van der Waals surface area contributed by atoms with Gasteiger partial charge in [-0.05, 0) is 17.0 Å². The predicted molar refractivity (Wildman–Crippen MR) is 72.4 cm³/mol. The zero-order valence-electron chi connectivity index (χ0n) is 11.7. The second-order valence-corrected chi connectivity index (χ2v) is 5.18. The van der Waals surface area contributed by atoms with Gasteiger partial charge in [0, 0.05) is 12.1 Å². The molecule has 0 fully saturated rings. The molecule has 1 aromatic rings. The van der Waals surface area contributed by atoms with Crippen LogP contribution in [0.15, 0.2) is 18.2 Å². The summed E-state index contributed by atoms with van der Waals surface area (Å²) in [7, 11) is 1.08. The largest absolute Gasteiger partial charge is 0.462 e. The number of hydrogen-bond acceptors (Lipinski definition) is 5. The van der Waals surface area contributed by atoms with E-state index in [1.165, 1.54) is 12.1 Å². The number of hydrogen-bond donors (Lipinski definition) is 1. The summed E-state index contributed by atoms with van der Waals surface area (Å²) < 4.78 is 4.30. The highest BCUT2D eigenvalue weighted by Gasteiger charge is 2.23. The fourth-order valence-corrected chi connectivity index (χ4v) is 1.67. The smallest absolute Gasteiger partial charge is 0.396 e. The van der Waals surface area contributed by atoms with E-state index in [1.54, 1.807) is 6.07 Å². The standard InChI is InChI=1S/C13H16N2O5/c1-13(2,3)9-6-5-8(15(18)19)7-10(9)14-11(16)12(17)20-4/h5-7H,1-4H3,(H,14,16). The average molecular weight is 280 g/mol. The molecule has 0 unspecified atom stereocenters. The number of rotatable bonds is 2. The lowest BCUT2D eigenvalue weighted by Crippen LogP contribution is -2.26. The number of nitrogens with one attached hydrogen (secondary N) is 1. The molecule has 0 bridgehead atoms. The van der Waals surface area contributed by atoms with Crippen LogP contribution in [0.1, 0.15) is 26.3 Å². The minimum absolute atomic E-state index is 0.168. The van der Waals surface area contributed by atoms with E-state index in [1.807, 2.05) is 20.8 Å². The van der Waals surface area contributed by atoms with Crippen LogP contribution < -0.4 is 5.32 Å². The number of carbonyl (C=O) groups excluding carboxylic acids is 2. The van der Waals surface area contributed by atoms with Crippen LogP contribution in [0.3, 0.4) is 0 Å². The van der Waals surface area contributed by atoms with Gasteiger partial charge in [0.1, 0.15) is 0 Å². The lowest BCUT2D eigenvalue weighted by atomic mass is 9.85. The van der Waals surface area contributed by atoms with E-state index in [-0.39, 0.29) is 16.8 Å². The van der Waals surface area contributed by atoms with Crippen LogP contribution >= 0.6 is 0 Å². The minimum atomic E-state index is -1.06. The van der Waals surface area contributed by atoms with E-state index < -0.39 is 16.8 Å². The Hall–Kier alpha value is -2.44. The first-order chi connectivity index (χ1) is 9.16. The molecule has 0 aliphatic carbocycles. The van der Waals surface area contributed by atoms with Crippen molar-refractivity contribution < 1.29 is 19.2 Å². The first-order valence-corrected chi connectivity index (χ1v) is 5.85. The van der Waals surface area contributed by atoms with Gasteiger partial charge in [0.15, 0.2) is 0 Å². The van der Waals surface area contributed by atoms with Crippen molar-refractivity contribution in [2.75, 3.05) is 12.4 Å². The lowest BCUT2D eigenvalue weighted by Gasteiger charge is -2.22. The number of nitro benzene ring substituents is 1. The van der Waals surface area contributed by atoms with Crippen LogP contribution in [-0.4, -0.2) is 23.9 Å². The molecule has 0 saturated heterocycles. The van der Waals surface area contributed by atoms with Crippen LogP contribution in [0.25, 0.3) is 0 Å². The number of carbonyl (C=O) groups is 2. The number of esters is 1. The number of nitro groups is 1. The van der Waals surface area contributed by atoms with E-state index in [0.29, 0.717) is 5.56 Å². The average Bonchev–Trinajstić information content (AvgIpc) is 2.36. The Balaban J connectivity index is 3.25. The van der Waals surface area contributed by atoms with Crippen molar-refractivity contribution in [2.45, 2.75) is 26.2 Å². The molecule has 0 heterocycles. The van der Waals surface area contributed by atoms with Crippen molar-refractivity contribution in [3.63, 3.8) is 0 Å². The zero-order valence-corrected chi connectivity index (χ0v) is 11.7. The SMILES string of the molecule is COC(=O)C(=O)Nc1cc([N+](=O)[O-])ccc1C(C)(C)C. The lowest BCUT2D eigenvalue weighted by molar-refractivity contribution is -0.384. The highest BCUT2D eigenvalue weighted by Crippen LogP contribution is 2.32. The third-order valence-corrected chi connectivity index (χ3v) is 2.64. The maximum Gasteiger partial charge on any atom is 0.396 e. The van der Waals surface area contributed by atoms with Crippen molar-refractivity contribution in [3.8, 4) is 0 Å². The number of ether oxygens (including phenoxy) is 1. The number of non-ortho nitro benzene ring substituents is 1. The molecule has 0 aliphatic heterocycles. The topological polar surface area (TPSA) is 98.5 Å². The van der Waals surface area contributed by atoms with E-state index in [9.17, 15) is 19.7 Å². The Bertz CT molecular complexity index is 560. The molecule has 0 aromatic heterocycles. The molecule has 7 nitrogen and oxygen atoms in total. The summed E-state index contributed by atoms with van der Waals surface area (Å²) in [5.74, 6) is -2.03. The molecule has 0 aliphatic rings. The molecule has 0 saturated carbocycles. The molecular weight excluding hydrogens is 264 g/mol. The Morgan fingerprint density at radius 2 is 1.90 bits per heavy atom. The Morgan fingerprint density at radius 3 is 2.35 bits per heavy atom. The summed E-state index contributed by atoms with van der Waals surface area (Å²) in [5, 5.41) is 13.1. The quantitative estimate of drug-likeness (QED) is 0.386. The monoisotopic (exact) mass is 280 g/mol. The predicted octanol–water partition coefficient (Wildman–Crippen LogP) is 2.00. The van der Waals surface area contributed by atoms with Gasteiger partial charge in [-0.3, -0.25) is 14.9 Å². The summed E-state index contributed by atoms with van der Waals surface area (Å²) in [4.78, 5) is 32.9. The highest BCUT2D eigenvalue weighted by atomic mass is 16.6. The molecule has 7 heteroatoms. The van der Waals surface area contributed by atoms with Gasteiger partial charge in [-0.1, -0.05) is 20.8 Å². The Kier molecular flexibility index (Phi) is 4.44. The maximum atomic E-state index is 11.5. The molecule has 1 N–H and O–H groups in total. The van der Waals surface area contributed by atoms with Crippen molar-refractivity contribution in [3.05, 3.63) is 33.9 Å². The normalized spacial score (nSPS) is 10.8. The molecule has 1 amide bonds. The van der Waals surface area contributed by atoms with Gasteiger partial charge < -0.3 is 10.1 Å². The number of anilines is 1. The van der Waals surface area contributed by atoms with E-state index >= 15 is 0 Å². The summed E-state index contributed by atoms with van der Waals surface area (Å²) in [6, 6.07) is 4.14. The second kappa shape index (κ2) is 5.68. The molecular formula is C13H16N2O5.